The quantitative estimate of drug-likeness (QED) is 0.177. The molecule has 0 fully saturated rings. The first-order valence-corrected chi connectivity index (χ1v) is 13.9. The van der Waals surface area contributed by atoms with Crippen molar-refractivity contribution >= 4 is 10.1 Å². The Morgan fingerprint density at radius 1 is 0.812 bits per heavy atom. The molecule has 0 heterocycles. The summed E-state index contributed by atoms with van der Waals surface area (Å²) in [6.07, 6.45) is 16.5. The van der Waals surface area contributed by atoms with Crippen LogP contribution in [-0.2, 0) is 23.0 Å². The second kappa shape index (κ2) is 17.4. The van der Waals surface area contributed by atoms with Crippen LogP contribution in [0.1, 0.15) is 122 Å². The summed E-state index contributed by atoms with van der Waals surface area (Å²) >= 11 is 0. The summed E-state index contributed by atoms with van der Waals surface area (Å²) in [7, 11) is -4.58. The number of benzene rings is 1. The zero-order valence-electron chi connectivity index (χ0n) is 21.4. The predicted molar refractivity (Wildman–Crippen MR) is 130 cm³/mol. The van der Waals surface area contributed by atoms with Gasteiger partial charge in [0.2, 0.25) is 0 Å². The summed E-state index contributed by atoms with van der Waals surface area (Å²) in [6.45, 7) is 7.51. The maximum absolute atomic E-state index is 11.9. The number of ether oxygens (including phenoxy) is 1. The third-order valence-corrected chi connectivity index (χ3v) is 7.68. The molecule has 0 saturated heterocycles. The summed E-state index contributed by atoms with van der Waals surface area (Å²) in [4.78, 5) is -1.73. The topological polar surface area (TPSA) is 66.4 Å². The molecule has 0 aliphatic heterocycles. The van der Waals surface area contributed by atoms with E-state index in [0.29, 0.717) is 5.75 Å². The van der Waals surface area contributed by atoms with Gasteiger partial charge in [-0.15, -0.1) is 0 Å². The number of unbranched alkanes of at least 4 members (excludes halogenated alkanes) is 10. The molecule has 0 N–H and O–H groups in total. The fourth-order valence-corrected chi connectivity index (χ4v) is 4.34. The van der Waals surface area contributed by atoms with Crippen LogP contribution in [0.25, 0.3) is 0 Å². The predicted octanol–water partition coefficient (Wildman–Crippen LogP) is 4.55. The van der Waals surface area contributed by atoms with Crippen molar-refractivity contribution in [3.05, 3.63) is 29.3 Å². The van der Waals surface area contributed by atoms with Crippen molar-refractivity contribution in [3.8, 4) is 5.75 Å². The second-order valence-corrected chi connectivity index (χ2v) is 10.8. The summed E-state index contributed by atoms with van der Waals surface area (Å²) in [5.74, 6) is 0.570. The van der Waals surface area contributed by atoms with Crippen LogP contribution in [0.4, 0.5) is 0 Å². The van der Waals surface area contributed by atoms with Gasteiger partial charge in [0, 0.05) is 0 Å². The molecule has 4 nitrogen and oxygen atoms in total. The maximum Gasteiger partial charge on any atom is 1.00 e. The van der Waals surface area contributed by atoms with Crippen LogP contribution in [0.5, 0.6) is 5.75 Å². The van der Waals surface area contributed by atoms with Crippen molar-refractivity contribution in [2.45, 2.75) is 129 Å². The molecule has 6 heteroatoms. The Morgan fingerprint density at radius 3 is 1.81 bits per heavy atom. The molecule has 32 heavy (non-hydrogen) atoms. The number of hydrogen-bond donors (Lipinski definition) is 0. The molecule has 1 unspecified atom stereocenters. The van der Waals surface area contributed by atoms with Crippen LogP contribution < -0.4 is 34.3 Å². The van der Waals surface area contributed by atoms with Crippen molar-refractivity contribution in [1.82, 2.24) is 0 Å². The molecule has 0 aliphatic rings. The van der Waals surface area contributed by atoms with Crippen molar-refractivity contribution in [2.75, 3.05) is 0 Å². The Bertz CT molecular complexity index is 721. The Kier molecular flexibility index (Phi) is 17.3. The van der Waals surface area contributed by atoms with Gasteiger partial charge in [-0.25, -0.2) is 8.42 Å². The normalized spacial score (nSPS) is 13.4. The third kappa shape index (κ3) is 11.9. The standard InChI is InChI=1S/C26H46O4S.Na/c1-5-8-10-12-14-16-18-23-20-21-24(19-17-15-13-11-9-6-2)25(22-23)30-26(4,7-3)31(27,28)29;/h20-22H,5-19H2,1-4H3,(H,27,28,29);/q;+1/p-1. The molecule has 0 radical (unpaired) electrons. The molecule has 1 aromatic rings. The first-order valence-electron chi connectivity index (χ1n) is 12.5. The van der Waals surface area contributed by atoms with E-state index in [1.807, 2.05) is 6.07 Å². The van der Waals surface area contributed by atoms with E-state index < -0.39 is 15.1 Å². The molecule has 0 saturated carbocycles. The minimum absolute atomic E-state index is 0. The minimum atomic E-state index is -4.58. The van der Waals surface area contributed by atoms with E-state index in [4.69, 9.17) is 4.74 Å². The first kappa shape index (κ1) is 31.9. The van der Waals surface area contributed by atoms with Crippen molar-refractivity contribution in [3.63, 3.8) is 0 Å². The second-order valence-electron chi connectivity index (χ2n) is 9.02. The molecule has 0 amide bonds. The first-order chi connectivity index (χ1) is 14.8. The van der Waals surface area contributed by atoms with Crippen LogP contribution >= 0.6 is 0 Å². The van der Waals surface area contributed by atoms with Crippen molar-refractivity contribution < 1.29 is 47.3 Å². The minimum Gasteiger partial charge on any atom is -0.745 e. The van der Waals surface area contributed by atoms with Gasteiger partial charge < -0.3 is 9.29 Å². The van der Waals surface area contributed by atoms with E-state index in [0.717, 1.165) is 43.2 Å². The molecule has 1 aromatic carbocycles. The van der Waals surface area contributed by atoms with Gasteiger partial charge in [0.25, 0.3) is 0 Å². The van der Waals surface area contributed by atoms with E-state index in [-0.39, 0.29) is 36.0 Å². The van der Waals surface area contributed by atoms with Gasteiger partial charge in [-0.2, -0.15) is 0 Å². The number of aryl methyl sites for hydroxylation is 2. The van der Waals surface area contributed by atoms with E-state index in [2.05, 4.69) is 26.0 Å². The van der Waals surface area contributed by atoms with Crippen LogP contribution in [0.2, 0.25) is 0 Å². The monoisotopic (exact) mass is 476 g/mol. The maximum atomic E-state index is 11.9. The largest absolute Gasteiger partial charge is 1.00 e. The average Bonchev–Trinajstić information content (AvgIpc) is 2.73. The summed E-state index contributed by atoms with van der Waals surface area (Å²) < 4.78 is 41.5. The van der Waals surface area contributed by atoms with Crippen LogP contribution in [0.15, 0.2) is 18.2 Å². The molecule has 180 valence electrons. The Balaban J connectivity index is 0.00000961. The van der Waals surface area contributed by atoms with Crippen LogP contribution in [0, 0.1) is 0 Å². The van der Waals surface area contributed by atoms with Gasteiger partial charge in [0.15, 0.2) is 4.93 Å². The number of rotatable bonds is 18. The molecule has 1 atom stereocenters. The zero-order valence-corrected chi connectivity index (χ0v) is 24.2. The average molecular weight is 477 g/mol. The van der Waals surface area contributed by atoms with Gasteiger partial charge in [-0.1, -0.05) is 97.1 Å². The van der Waals surface area contributed by atoms with Crippen molar-refractivity contribution in [2.24, 2.45) is 0 Å². The SMILES string of the molecule is CCCCCCCCc1ccc(CCCCCCCC)c(OC(C)(CC)S(=O)(=O)[O-])c1.[Na+]. The van der Waals surface area contributed by atoms with E-state index >= 15 is 0 Å². The fourth-order valence-electron chi connectivity index (χ4n) is 3.79. The Labute approximate surface area is 220 Å². The molecule has 0 spiro atoms. The molecular formula is C26H45NaO4S. The van der Waals surface area contributed by atoms with Crippen molar-refractivity contribution in [1.29, 1.82) is 0 Å². The zero-order chi connectivity index (χ0) is 23.2. The third-order valence-electron chi connectivity index (χ3n) is 6.25. The van der Waals surface area contributed by atoms with E-state index in [9.17, 15) is 13.0 Å². The summed E-state index contributed by atoms with van der Waals surface area (Å²) in [5, 5.41) is 0. The van der Waals surface area contributed by atoms with E-state index in [1.54, 1.807) is 6.92 Å². The van der Waals surface area contributed by atoms with Gasteiger partial charge in [0.05, 0.1) is 0 Å². The summed E-state index contributed by atoms with van der Waals surface area (Å²) in [6, 6.07) is 6.18. The van der Waals surface area contributed by atoms with Crippen LogP contribution in [-0.4, -0.2) is 17.9 Å². The Morgan fingerprint density at radius 2 is 1.31 bits per heavy atom. The number of hydrogen-bond acceptors (Lipinski definition) is 4. The molecule has 1 rings (SSSR count). The Hall–Kier alpha value is -0.0700. The van der Waals surface area contributed by atoms with Gasteiger partial charge >= 0.3 is 29.6 Å². The summed E-state index contributed by atoms with van der Waals surface area (Å²) in [5.41, 5.74) is 2.16. The molecular weight excluding hydrogens is 431 g/mol. The van der Waals surface area contributed by atoms with Gasteiger partial charge in [-0.3, -0.25) is 0 Å². The fraction of sp³-hybridized carbons (Fsp3) is 0.769. The van der Waals surface area contributed by atoms with E-state index in [1.165, 1.54) is 64.7 Å². The molecule has 0 bridgehead atoms. The molecule has 0 aliphatic carbocycles. The van der Waals surface area contributed by atoms with Gasteiger partial charge in [0.1, 0.15) is 15.9 Å². The van der Waals surface area contributed by atoms with Gasteiger partial charge in [-0.05, 0) is 56.2 Å². The smallest absolute Gasteiger partial charge is 0.745 e. The molecule has 0 aromatic heterocycles. The van der Waals surface area contributed by atoms with Crippen LogP contribution in [0.3, 0.4) is 0 Å².